The quantitative estimate of drug-likeness (QED) is 0.432. The summed E-state index contributed by atoms with van der Waals surface area (Å²) < 4.78 is 23.0. The summed E-state index contributed by atoms with van der Waals surface area (Å²) in [5, 5.41) is 5.02. The van der Waals surface area contributed by atoms with Gasteiger partial charge >= 0.3 is 0 Å². The molecule has 10 heavy (non-hydrogen) atoms. The van der Waals surface area contributed by atoms with Gasteiger partial charge in [0.1, 0.15) is 0 Å². The first-order valence-electron chi connectivity index (χ1n) is 2.87. The largest absolute Gasteiger partial charge is 0.359 e. The SMILES string of the molecule is CN=C(NC)NCC(F)F. The number of alkyl halides is 2. The summed E-state index contributed by atoms with van der Waals surface area (Å²) in [4.78, 5) is 3.64. The lowest BCUT2D eigenvalue weighted by molar-refractivity contribution is 0.152. The minimum atomic E-state index is -2.34. The van der Waals surface area contributed by atoms with Crippen molar-refractivity contribution in [3.05, 3.63) is 0 Å². The van der Waals surface area contributed by atoms with Gasteiger partial charge in [-0.2, -0.15) is 0 Å². The van der Waals surface area contributed by atoms with Crippen molar-refractivity contribution in [3.63, 3.8) is 0 Å². The molecule has 3 nitrogen and oxygen atoms in total. The van der Waals surface area contributed by atoms with E-state index >= 15 is 0 Å². The van der Waals surface area contributed by atoms with Crippen LogP contribution in [-0.4, -0.2) is 33.0 Å². The molecule has 0 aromatic heterocycles. The predicted octanol–water partition coefficient (Wildman–Crippen LogP) is 0.0463. The second-order valence-corrected chi connectivity index (χ2v) is 1.59. The van der Waals surface area contributed by atoms with Gasteiger partial charge < -0.3 is 10.6 Å². The lowest BCUT2D eigenvalue weighted by Crippen LogP contribution is -2.37. The number of hydrogen-bond acceptors (Lipinski definition) is 1. The van der Waals surface area contributed by atoms with Crippen molar-refractivity contribution in [1.29, 1.82) is 0 Å². The van der Waals surface area contributed by atoms with E-state index < -0.39 is 6.43 Å². The van der Waals surface area contributed by atoms with Crippen molar-refractivity contribution < 1.29 is 8.78 Å². The normalized spacial score (nSPS) is 11.9. The molecular formula is C5H11F2N3. The Labute approximate surface area is 58.5 Å². The minimum absolute atomic E-state index is 0.368. The van der Waals surface area contributed by atoms with Crippen molar-refractivity contribution in [3.8, 4) is 0 Å². The smallest absolute Gasteiger partial charge is 0.255 e. The van der Waals surface area contributed by atoms with Gasteiger partial charge in [0.2, 0.25) is 0 Å². The fraction of sp³-hybridized carbons (Fsp3) is 0.800. The van der Waals surface area contributed by atoms with Crippen LogP contribution in [0.15, 0.2) is 4.99 Å². The molecule has 0 atom stereocenters. The van der Waals surface area contributed by atoms with E-state index in [0.717, 1.165) is 0 Å². The lowest BCUT2D eigenvalue weighted by atomic mass is 10.6. The molecule has 0 heterocycles. The third-order valence-electron chi connectivity index (χ3n) is 0.884. The van der Waals surface area contributed by atoms with Gasteiger partial charge in [0.15, 0.2) is 5.96 Å². The fourth-order valence-corrected chi connectivity index (χ4v) is 0.453. The fourth-order valence-electron chi connectivity index (χ4n) is 0.453. The van der Waals surface area contributed by atoms with E-state index in [4.69, 9.17) is 0 Å². The van der Waals surface area contributed by atoms with Gasteiger partial charge in [0, 0.05) is 14.1 Å². The third-order valence-corrected chi connectivity index (χ3v) is 0.884. The monoisotopic (exact) mass is 151 g/mol. The Kier molecular flexibility index (Phi) is 4.53. The molecule has 0 bridgehead atoms. The molecule has 0 aliphatic heterocycles. The van der Waals surface area contributed by atoms with Crippen LogP contribution in [0.25, 0.3) is 0 Å². The minimum Gasteiger partial charge on any atom is -0.359 e. The highest BCUT2D eigenvalue weighted by molar-refractivity contribution is 5.79. The molecule has 0 saturated carbocycles. The second kappa shape index (κ2) is 4.96. The Morgan fingerprint density at radius 1 is 1.60 bits per heavy atom. The average molecular weight is 151 g/mol. The van der Waals surface area contributed by atoms with Crippen molar-refractivity contribution in [1.82, 2.24) is 10.6 Å². The first kappa shape index (κ1) is 9.13. The molecule has 0 spiro atoms. The first-order chi connectivity index (χ1) is 4.70. The summed E-state index contributed by atoms with van der Waals surface area (Å²) in [6.45, 7) is -0.368. The van der Waals surface area contributed by atoms with E-state index in [-0.39, 0.29) is 6.54 Å². The van der Waals surface area contributed by atoms with Crippen LogP contribution in [0, 0.1) is 0 Å². The van der Waals surface area contributed by atoms with E-state index in [0.29, 0.717) is 5.96 Å². The van der Waals surface area contributed by atoms with Crippen LogP contribution in [0.3, 0.4) is 0 Å². The molecule has 0 unspecified atom stereocenters. The van der Waals surface area contributed by atoms with Crippen molar-refractivity contribution >= 4 is 5.96 Å². The first-order valence-corrected chi connectivity index (χ1v) is 2.87. The molecule has 0 amide bonds. The number of rotatable bonds is 2. The molecule has 0 aromatic carbocycles. The van der Waals surface area contributed by atoms with Crippen molar-refractivity contribution in [2.45, 2.75) is 6.43 Å². The second-order valence-electron chi connectivity index (χ2n) is 1.59. The summed E-state index contributed by atoms with van der Waals surface area (Å²) >= 11 is 0. The van der Waals surface area contributed by atoms with E-state index in [1.165, 1.54) is 7.05 Å². The zero-order valence-corrected chi connectivity index (χ0v) is 5.99. The molecule has 0 aliphatic rings. The molecule has 0 rings (SSSR count). The summed E-state index contributed by atoms with van der Waals surface area (Å²) in [7, 11) is 3.13. The van der Waals surface area contributed by atoms with Gasteiger partial charge in [0.25, 0.3) is 6.43 Å². The lowest BCUT2D eigenvalue weighted by Gasteiger charge is -2.06. The number of aliphatic imine (C=N–C) groups is 1. The summed E-state index contributed by atoms with van der Waals surface area (Å²) in [5.74, 6) is 0.375. The topological polar surface area (TPSA) is 36.4 Å². The summed E-state index contributed by atoms with van der Waals surface area (Å²) in [6.07, 6.45) is -2.34. The summed E-state index contributed by atoms with van der Waals surface area (Å²) in [6, 6.07) is 0. The van der Waals surface area contributed by atoms with E-state index in [2.05, 4.69) is 15.6 Å². The van der Waals surface area contributed by atoms with Crippen LogP contribution in [0.1, 0.15) is 0 Å². The highest BCUT2D eigenvalue weighted by atomic mass is 19.3. The van der Waals surface area contributed by atoms with Gasteiger partial charge in [0.05, 0.1) is 6.54 Å². The Hall–Kier alpha value is -0.870. The maximum absolute atomic E-state index is 11.5. The molecule has 0 saturated heterocycles. The summed E-state index contributed by atoms with van der Waals surface area (Å²) in [5.41, 5.74) is 0. The molecule has 5 heteroatoms. The van der Waals surface area contributed by atoms with Crippen LogP contribution in [0.2, 0.25) is 0 Å². The highest BCUT2D eigenvalue weighted by Crippen LogP contribution is 1.86. The van der Waals surface area contributed by atoms with Crippen LogP contribution in [-0.2, 0) is 0 Å². The Bertz CT molecular complexity index is 113. The third kappa shape index (κ3) is 4.05. The van der Waals surface area contributed by atoms with E-state index in [9.17, 15) is 8.78 Å². The van der Waals surface area contributed by atoms with Crippen LogP contribution in [0.5, 0.6) is 0 Å². The average Bonchev–Trinajstić information content (AvgIpc) is 1.90. The number of hydrogen-bond donors (Lipinski definition) is 2. The van der Waals surface area contributed by atoms with Gasteiger partial charge in [-0.3, -0.25) is 4.99 Å². The number of nitrogens with one attached hydrogen (secondary N) is 2. The predicted molar refractivity (Wildman–Crippen MR) is 36.4 cm³/mol. The Morgan fingerprint density at radius 3 is 2.50 bits per heavy atom. The van der Waals surface area contributed by atoms with Crippen molar-refractivity contribution in [2.24, 2.45) is 4.99 Å². The number of guanidine groups is 1. The van der Waals surface area contributed by atoms with Gasteiger partial charge in [-0.1, -0.05) is 0 Å². The molecule has 60 valence electrons. The molecule has 0 radical (unpaired) electrons. The Balaban J connectivity index is 3.46. The molecular weight excluding hydrogens is 140 g/mol. The Morgan fingerprint density at radius 2 is 2.20 bits per heavy atom. The van der Waals surface area contributed by atoms with Crippen molar-refractivity contribution in [2.75, 3.05) is 20.6 Å². The molecule has 0 fully saturated rings. The molecule has 0 aliphatic carbocycles. The van der Waals surface area contributed by atoms with Crippen LogP contribution >= 0.6 is 0 Å². The zero-order valence-electron chi connectivity index (χ0n) is 5.99. The maximum atomic E-state index is 11.5. The zero-order chi connectivity index (χ0) is 7.98. The highest BCUT2D eigenvalue weighted by Gasteiger charge is 2.01. The number of nitrogens with zero attached hydrogens (tertiary/aromatic N) is 1. The standard InChI is InChI=1S/C5H11F2N3/c1-8-5(9-2)10-3-4(6)7/h4H,3H2,1-2H3,(H2,8,9,10). The van der Waals surface area contributed by atoms with E-state index in [1.807, 2.05) is 0 Å². The van der Waals surface area contributed by atoms with Crippen LogP contribution < -0.4 is 10.6 Å². The molecule has 2 N–H and O–H groups in total. The maximum Gasteiger partial charge on any atom is 0.255 e. The number of halogens is 2. The van der Waals surface area contributed by atoms with Gasteiger partial charge in [-0.05, 0) is 0 Å². The molecule has 0 aromatic rings. The van der Waals surface area contributed by atoms with Gasteiger partial charge in [-0.25, -0.2) is 8.78 Å². The van der Waals surface area contributed by atoms with Crippen LogP contribution in [0.4, 0.5) is 8.78 Å². The van der Waals surface area contributed by atoms with Gasteiger partial charge in [-0.15, -0.1) is 0 Å². The van der Waals surface area contributed by atoms with E-state index in [1.54, 1.807) is 7.05 Å².